The molecule has 0 bridgehead atoms. The van der Waals surface area contributed by atoms with Crippen LogP contribution in [0.25, 0.3) is 0 Å². The second-order valence-electron chi connectivity index (χ2n) is 3.44. The molecule has 1 heteroatoms. The smallest absolute Gasteiger partial charge is 0.0189 e. The van der Waals surface area contributed by atoms with E-state index in [0.29, 0.717) is 0 Å². The van der Waals surface area contributed by atoms with Crippen LogP contribution in [-0.4, -0.2) is 18.0 Å². The molecule has 0 saturated carbocycles. The SMILES string of the molecule is C1=CCC(C/C=C/N2CCC2)=C1. The Morgan fingerprint density at radius 2 is 2.33 bits per heavy atom. The molecule has 12 heavy (non-hydrogen) atoms. The number of allylic oxidation sites excluding steroid dienone is 5. The molecule has 1 heterocycles. The normalized spacial score (nSPS) is 21.7. The highest BCUT2D eigenvalue weighted by atomic mass is 15.1. The minimum Gasteiger partial charge on any atom is -0.378 e. The Labute approximate surface area is 74.1 Å². The molecular formula is C11H15N. The molecule has 2 rings (SSSR count). The van der Waals surface area contributed by atoms with Crippen LogP contribution in [0, 0.1) is 0 Å². The van der Waals surface area contributed by atoms with Crippen LogP contribution in [0.1, 0.15) is 19.3 Å². The van der Waals surface area contributed by atoms with Gasteiger partial charge in [-0.05, 0) is 25.5 Å². The van der Waals surface area contributed by atoms with Gasteiger partial charge in [0, 0.05) is 13.1 Å². The van der Waals surface area contributed by atoms with E-state index in [0.717, 1.165) is 12.8 Å². The van der Waals surface area contributed by atoms with Gasteiger partial charge in [-0.15, -0.1) is 0 Å². The van der Waals surface area contributed by atoms with Crippen molar-refractivity contribution in [2.24, 2.45) is 0 Å². The number of rotatable bonds is 3. The van der Waals surface area contributed by atoms with Gasteiger partial charge in [-0.25, -0.2) is 0 Å². The first kappa shape index (κ1) is 7.66. The van der Waals surface area contributed by atoms with Crippen molar-refractivity contribution in [3.8, 4) is 0 Å². The lowest BCUT2D eigenvalue weighted by atomic mass is 10.1. The first-order valence-electron chi connectivity index (χ1n) is 4.70. The van der Waals surface area contributed by atoms with Crippen molar-refractivity contribution >= 4 is 0 Å². The molecule has 1 saturated heterocycles. The number of hydrogen-bond donors (Lipinski definition) is 0. The second kappa shape index (κ2) is 3.61. The summed E-state index contributed by atoms with van der Waals surface area (Å²) in [7, 11) is 0. The van der Waals surface area contributed by atoms with Gasteiger partial charge in [-0.1, -0.05) is 29.9 Å². The predicted octanol–water partition coefficient (Wildman–Crippen LogP) is 2.48. The molecule has 0 spiro atoms. The molecule has 1 aliphatic carbocycles. The minimum absolute atomic E-state index is 1.13. The largest absolute Gasteiger partial charge is 0.378 e. The van der Waals surface area contributed by atoms with Crippen LogP contribution in [0.15, 0.2) is 36.1 Å². The van der Waals surface area contributed by atoms with E-state index in [1.54, 1.807) is 0 Å². The Bertz CT molecular complexity index is 231. The average molecular weight is 161 g/mol. The minimum atomic E-state index is 1.13. The maximum absolute atomic E-state index is 2.36. The monoisotopic (exact) mass is 161 g/mol. The molecule has 0 atom stereocenters. The Balaban J connectivity index is 1.70. The summed E-state index contributed by atoms with van der Waals surface area (Å²) in [4.78, 5) is 2.36. The van der Waals surface area contributed by atoms with E-state index in [2.05, 4.69) is 35.4 Å². The average Bonchev–Trinajstić information content (AvgIpc) is 2.46. The van der Waals surface area contributed by atoms with E-state index in [-0.39, 0.29) is 0 Å². The lowest BCUT2D eigenvalue weighted by Gasteiger charge is -2.29. The highest BCUT2D eigenvalue weighted by molar-refractivity contribution is 5.24. The molecule has 1 nitrogen and oxygen atoms in total. The summed E-state index contributed by atoms with van der Waals surface area (Å²) in [5.74, 6) is 0. The molecule has 0 aromatic carbocycles. The molecule has 0 aromatic heterocycles. The van der Waals surface area contributed by atoms with Crippen molar-refractivity contribution in [1.29, 1.82) is 0 Å². The number of nitrogens with zero attached hydrogens (tertiary/aromatic N) is 1. The zero-order valence-electron chi connectivity index (χ0n) is 7.37. The van der Waals surface area contributed by atoms with Gasteiger partial charge in [0.2, 0.25) is 0 Å². The van der Waals surface area contributed by atoms with Crippen molar-refractivity contribution < 1.29 is 0 Å². The summed E-state index contributed by atoms with van der Waals surface area (Å²) >= 11 is 0. The lowest BCUT2D eigenvalue weighted by molar-refractivity contribution is 0.263. The Hall–Kier alpha value is -0.980. The molecular weight excluding hydrogens is 146 g/mol. The van der Waals surface area contributed by atoms with Crippen LogP contribution in [0.2, 0.25) is 0 Å². The van der Waals surface area contributed by atoms with Crippen LogP contribution in [0.3, 0.4) is 0 Å². The van der Waals surface area contributed by atoms with Crippen molar-refractivity contribution in [1.82, 2.24) is 4.90 Å². The first-order chi connectivity index (χ1) is 5.95. The fraction of sp³-hybridized carbons (Fsp3) is 0.455. The van der Waals surface area contributed by atoms with E-state index in [1.807, 2.05) is 0 Å². The molecule has 0 amide bonds. The van der Waals surface area contributed by atoms with Crippen LogP contribution in [-0.2, 0) is 0 Å². The third-order valence-electron chi connectivity index (χ3n) is 2.43. The molecule has 1 aliphatic heterocycles. The van der Waals surface area contributed by atoms with Gasteiger partial charge in [0.1, 0.15) is 0 Å². The van der Waals surface area contributed by atoms with Crippen molar-refractivity contribution in [2.75, 3.05) is 13.1 Å². The number of hydrogen-bond acceptors (Lipinski definition) is 1. The maximum atomic E-state index is 2.36. The van der Waals surface area contributed by atoms with E-state index in [4.69, 9.17) is 0 Å². The molecule has 0 aromatic rings. The molecule has 1 fully saturated rings. The third kappa shape index (κ3) is 1.79. The van der Waals surface area contributed by atoms with Gasteiger partial charge in [-0.2, -0.15) is 0 Å². The predicted molar refractivity (Wildman–Crippen MR) is 51.8 cm³/mol. The van der Waals surface area contributed by atoms with Gasteiger partial charge in [-0.3, -0.25) is 0 Å². The van der Waals surface area contributed by atoms with Gasteiger partial charge in [0.05, 0.1) is 0 Å². The highest BCUT2D eigenvalue weighted by Gasteiger charge is 2.07. The lowest BCUT2D eigenvalue weighted by Crippen LogP contribution is -2.31. The van der Waals surface area contributed by atoms with Crippen molar-refractivity contribution in [2.45, 2.75) is 19.3 Å². The summed E-state index contributed by atoms with van der Waals surface area (Å²) in [6, 6.07) is 0. The summed E-state index contributed by atoms with van der Waals surface area (Å²) in [6.45, 7) is 2.52. The fourth-order valence-corrected chi connectivity index (χ4v) is 1.49. The van der Waals surface area contributed by atoms with Crippen molar-refractivity contribution in [3.63, 3.8) is 0 Å². The van der Waals surface area contributed by atoms with Crippen molar-refractivity contribution in [3.05, 3.63) is 36.1 Å². The standard InChI is InChI=1S/C11H15N/c1-2-6-11(5-1)7-3-8-12-9-4-10-12/h1-3,5,8H,4,6-7,9-10H2/b8-3+. The van der Waals surface area contributed by atoms with E-state index in [1.165, 1.54) is 25.1 Å². The van der Waals surface area contributed by atoms with Gasteiger partial charge >= 0.3 is 0 Å². The first-order valence-corrected chi connectivity index (χ1v) is 4.70. The molecule has 0 unspecified atom stereocenters. The second-order valence-corrected chi connectivity index (χ2v) is 3.44. The maximum Gasteiger partial charge on any atom is 0.0189 e. The fourth-order valence-electron chi connectivity index (χ4n) is 1.49. The topological polar surface area (TPSA) is 3.24 Å². The Morgan fingerprint density at radius 3 is 2.92 bits per heavy atom. The number of likely N-dealkylation sites (tertiary alicyclic amines) is 1. The molecule has 0 radical (unpaired) electrons. The Kier molecular flexibility index (Phi) is 2.31. The molecule has 2 aliphatic rings. The molecule has 64 valence electrons. The van der Waals surface area contributed by atoms with Gasteiger partial charge < -0.3 is 4.90 Å². The van der Waals surface area contributed by atoms with Crippen LogP contribution in [0.5, 0.6) is 0 Å². The third-order valence-corrected chi connectivity index (χ3v) is 2.43. The summed E-state index contributed by atoms with van der Waals surface area (Å²) in [5, 5.41) is 0. The van der Waals surface area contributed by atoms with E-state index in [9.17, 15) is 0 Å². The summed E-state index contributed by atoms with van der Waals surface area (Å²) < 4.78 is 0. The summed E-state index contributed by atoms with van der Waals surface area (Å²) in [6.07, 6.45) is 14.8. The highest BCUT2D eigenvalue weighted by Crippen LogP contribution is 2.15. The van der Waals surface area contributed by atoms with Crippen LogP contribution in [0.4, 0.5) is 0 Å². The van der Waals surface area contributed by atoms with Gasteiger partial charge in [0.25, 0.3) is 0 Å². The van der Waals surface area contributed by atoms with Crippen LogP contribution >= 0.6 is 0 Å². The van der Waals surface area contributed by atoms with Crippen LogP contribution < -0.4 is 0 Å². The van der Waals surface area contributed by atoms with E-state index >= 15 is 0 Å². The zero-order valence-corrected chi connectivity index (χ0v) is 7.37. The summed E-state index contributed by atoms with van der Waals surface area (Å²) in [5.41, 5.74) is 1.53. The van der Waals surface area contributed by atoms with Gasteiger partial charge in [0.15, 0.2) is 0 Å². The molecule has 0 N–H and O–H groups in total. The van der Waals surface area contributed by atoms with E-state index < -0.39 is 0 Å². The quantitative estimate of drug-likeness (QED) is 0.614. The Morgan fingerprint density at radius 1 is 1.42 bits per heavy atom. The zero-order chi connectivity index (χ0) is 8.23.